The fraction of sp³-hybridized carbons (Fsp3) is 0.600. The summed E-state index contributed by atoms with van der Waals surface area (Å²) in [6.07, 6.45) is 21.0. The fourth-order valence-corrected chi connectivity index (χ4v) is 10.3. The van der Waals surface area contributed by atoms with Crippen LogP contribution in [0.2, 0.25) is 0 Å². The summed E-state index contributed by atoms with van der Waals surface area (Å²) in [7, 11) is 0. The Balaban J connectivity index is 1.58. The van der Waals surface area contributed by atoms with E-state index in [0.29, 0.717) is 38.5 Å². The highest BCUT2D eigenvalue weighted by Crippen LogP contribution is 2.45. The highest BCUT2D eigenvalue weighted by molar-refractivity contribution is 6.06. The second kappa shape index (κ2) is 24.2. The molecular weight excluding hydrogens is 753 g/mol. The molecule has 4 N–H and O–H groups in total. The Morgan fingerprint density at radius 1 is 0.492 bits per heavy atom. The number of unbranched alkanes of at least 4 members (excludes halogenated alkanes) is 12. The van der Waals surface area contributed by atoms with E-state index in [2.05, 4.69) is 86.9 Å². The zero-order chi connectivity index (χ0) is 43.6. The van der Waals surface area contributed by atoms with Gasteiger partial charge in [0.15, 0.2) is 0 Å². The van der Waals surface area contributed by atoms with Gasteiger partial charge < -0.3 is 20.8 Å². The third kappa shape index (κ3) is 12.5. The van der Waals surface area contributed by atoms with Gasteiger partial charge in [0.1, 0.15) is 5.41 Å². The molecule has 6 heteroatoms. The van der Waals surface area contributed by atoms with Crippen LogP contribution in [0.15, 0.2) is 84.9 Å². The molecule has 2 amide bonds. The number of carbonyl (C=O) groups is 2. The maximum absolute atomic E-state index is 15.5. The van der Waals surface area contributed by atoms with E-state index in [1.807, 2.05) is 36.4 Å². The molecule has 0 aliphatic heterocycles. The molecule has 1 fully saturated rings. The summed E-state index contributed by atoms with van der Waals surface area (Å²) in [5.41, 5.74) is -1.96. The average Bonchev–Trinajstić information content (AvgIpc) is 3.79. The van der Waals surface area contributed by atoms with E-state index in [4.69, 9.17) is 0 Å². The molecule has 0 aromatic heterocycles. The summed E-state index contributed by atoms with van der Waals surface area (Å²) in [5, 5.41) is 37.3. The number of carbonyl (C=O) groups excluding carboxylic acids is 2. The molecule has 5 rings (SSSR count). The molecule has 6 nitrogen and oxygen atoms in total. The van der Waals surface area contributed by atoms with Gasteiger partial charge >= 0.3 is 0 Å². The first-order chi connectivity index (χ1) is 29.7. The van der Waals surface area contributed by atoms with Crippen molar-refractivity contribution in [1.82, 2.24) is 10.6 Å². The van der Waals surface area contributed by atoms with Crippen LogP contribution in [0.1, 0.15) is 205 Å². The van der Waals surface area contributed by atoms with E-state index in [1.54, 1.807) is 0 Å². The first kappa shape index (κ1) is 48.3. The van der Waals surface area contributed by atoms with Crippen LogP contribution in [0.3, 0.4) is 0 Å². The number of nitrogens with one attached hydrogen (secondary N) is 2. The van der Waals surface area contributed by atoms with Gasteiger partial charge in [0.25, 0.3) is 0 Å². The monoisotopic (exact) mass is 833 g/mol. The van der Waals surface area contributed by atoms with Gasteiger partial charge in [-0.05, 0) is 71.2 Å². The maximum atomic E-state index is 15.5. The number of fused-ring (bicyclic) bond motifs is 2. The second-order valence-electron chi connectivity index (χ2n) is 18.7. The van der Waals surface area contributed by atoms with E-state index in [9.17, 15) is 10.2 Å². The van der Waals surface area contributed by atoms with E-state index in [0.717, 1.165) is 148 Å². The van der Waals surface area contributed by atoms with Crippen molar-refractivity contribution in [2.75, 3.05) is 0 Å². The van der Waals surface area contributed by atoms with Crippen LogP contribution in [0.25, 0.3) is 21.5 Å². The van der Waals surface area contributed by atoms with E-state index < -0.39 is 28.7 Å². The summed E-state index contributed by atoms with van der Waals surface area (Å²) < 4.78 is 0. The molecule has 1 aliphatic rings. The number of benzene rings is 4. The minimum absolute atomic E-state index is 0.313. The van der Waals surface area contributed by atoms with Crippen molar-refractivity contribution in [2.45, 2.75) is 205 Å². The molecule has 1 aliphatic carbocycles. The standard InChI is InChI=1S/C55H80N2O4/c1-5-9-13-21-39-54(60,40-22-14-10-6-2)49(47-35-27-31-43-29-17-19-33-45(43)47)56-51(58)53(37-25-26-38-53)52(59)57-50(48-36-28-32-44-30-18-20-34-46(44)48)55(61,41-23-15-11-7-3)42-24-16-12-8-4/h17-20,27-36,49-50,60-61H,5-16,21-26,37-42H2,1-4H3,(H,56,58)(H,57,59)/t49-,50-/m0/s1. The molecule has 0 unspecified atom stereocenters. The van der Waals surface area contributed by atoms with Crippen molar-refractivity contribution < 1.29 is 19.8 Å². The quantitative estimate of drug-likeness (QED) is 0.0338. The first-order valence-corrected chi connectivity index (χ1v) is 24.7. The molecule has 4 aromatic carbocycles. The van der Waals surface area contributed by atoms with E-state index in [-0.39, 0.29) is 11.8 Å². The molecule has 0 heterocycles. The van der Waals surface area contributed by atoms with Crippen molar-refractivity contribution in [3.05, 3.63) is 96.1 Å². The minimum Gasteiger partial charge on any atom is -0.387 e. The second-order valence-corrected chi connectivity index (χ2v) is 18.7. The molecule has 61 heavy (non-hydrogen) atoms. The summed E-state index contributed by atoms with van der Waals surface area (Å²) in [5.74, 6) is -0.626. The van der Waals surface area contributed by atoms with Gasteiger partial charge in [0.05, 0.1) is 23.3 Å². The third-order valence-corrected chi connectivity index (χ3v) is 14.1. The van der Waals surface area contributed by atoms with Gasteiger partial charge in [-0.25, -0.2) is 0 Å². The predicted molar refractivity (Wildman–Crippen MR) is 255 cm³/mol. The Labute approximate surface area is 369 Å². The Bertz CT molecular complexity index is 1760. The number of hydrogen-bond acceptors (Lipinski definition) is 4. The summed E-state index contributed by atoms with van der Waals surface area (Å²) in [6, 6.07) is 27.4. The Morgan fingerprint density at radius 2 is 0.820 bits per heavy atom. The van der Waals surface area contributed by atoms with Crippen LogP contribution in [0, 0.1) is 5.41 Å². The Morgan fingerprint density at radius 3 is 1.16 bits per heavy atom. The topological polar surface area (TPSA) is 98.7 Å². The lowest BCUT2D eigenvalue weighted by Crippen LogP contribution is -2.57. The molecule has 4 aromatic rings. The normalized spacial score (nSPS) is 15.2. The van der Waals surface area contributed by atoms with E-state index >= 15 is 9.59 Å². The van der Waals surface area contributed by atoms with Crippen LogP contribution < -0.4 is 10.6 Å². The van der Waals surface area contributed by atoms with Crippen molar-refractivity contribution in [3.8, 4) is 0 Å². The van der Waals surface area contributed by atoms with Crippen molar-refractivity contribution in [2.24, 2.45) is 5.41 Å². The lowest BCUT2D eigenvalue weighted by atomic mass is 9.76. The number of amides is 2. The number of rotatable bonds is 28. The van der Waals surface area contributed by atoms with Gasteiger partial charge in [-0.2, -0.15) is 0 Å². The predicted octanol–water partition coefficient (Wildman–Crippen LogP) is 13.9. The number of aliphatic hydroxyl groups is 2. The smallest absolute Gasteiger partial charge is 0.236 e. The molecule has 0 bridgehead atoms. The van der Waals surface area contributed by atoms with Crippen molar-refractivity contribution in [3.63, 3.8) is 0 Å². The van der Waals surface area contributed by atoms with Gasteiger partial charge in [-0.3, -0.25) is 9.59 Å². The first-order valence-electron chi connectivity index (χ1n) is 24.7. The fourth-order valence-electron chi connectivity index (χ4n) is 10.3. The molecule has 0 radical (unpaired) electrons. The van der Waals surface area contributed by atoms with Crippen molar-refractivity contribution >= 4 is 33.4 Å². The zero-order valence-electron chi connectivity index (χ0n) is 38.4. The average molecular weight is 833 g/mol. The van der Waals surface area contributed by atoms with Crippen LogP contribution in [-0.4, -0.2) is 33.2 Å². The van der Waals surface area contributed by atoms with E-state index in [1.165, 1.54) is 0 Å². The SMILES string of the molecule is CCCCCCC(O)(CCCCCC)[C@@H](NC(=O)C1(C(=O)N[C@@H](c2cccc3ccccc23)C(O)(CCCCCC)CCCCCC)CCCC1)c1cccc2ccccc12. The molecule has 334 valence electrons. The van der Waals surface area contributed by atoms with Crippen LogP contribution >= 0.6 is 0 Å². The Kier molecular flexibility index (Phi) is 19.2. The largest absolute Gasteiger partial charge is 0.387 e. The van der Waals surface area contributed by atoms with Gasteiger partial charge in [0.2, 0.25) is 11.8 Å². The van der Waals surface area contributed by atoms with Gasteiger partial charge in [-0.15, -0.1) is 0 Å². The molecule has 1 saturated carbocycles. The molecular formula is C55H80N2O4. The minimum atomic E-state index is -1.34. The van der Waals surface area contributed by atoms with Crippen LogP contribution in [0.4, 0.5) is 0 Å². The maximum Gasteiger partial charge on any atom is 0.236 e. The third-order valence-electron chi connectivity index (χ3n) is 14.1. The van der Waals surface area contributed by atoms with Gasteiger partial charge in [0, 0.05) is 0 Å². The summed E-state index contributed by atoms with van der Waals surface area (Å²) >= 11 is 0. The highest BCUT2D eigenvalue weighted by Gasteiger charge is 2.52. The Hall–Kier alpha value is -3.74. The molecule has 0 saturated heterocycles. The lowest BCUT2D eigenvalue weighted by molar-refractivity contribution is -0.147. The van der Waals surface area contributed by atoms with Crippen LogP contribution in [0.5, 0.6) is 0 Å². The highest BCUT2D eigenvalue weighted by atomic mass is 16.3. The summed E-state index contributed by atoms with van der Waals surface area (Å²) in [6.45, 7) is 8.80. The zero-order valence-corrected chi connectivity index (χ0v) is 38.4. The number of hydrogen-bond donors (Lipinski definition) is 4. The molecule has 2 atom stereocenters. The van der Waals surface area contributed by atoms with Crippen molar-refractivity contribution in [1.29, 1.82) is 0 Å². The van der Waals surface area contributed by atoms with Crippen LogP contribution in [-0.2, 0) is 9.59 Å². The lowest BCUT2D eigenvalue weighted by Gasteiger charge is -2.42. The molecule has 0 spiro atoms. The van der Waals surface area contributed by atoms with Gasteiger partial charge in [-0.1, -0.05) is 228 Å². The summed E-state index contributed by atoms with van der Waals surface area (Å²) in [4.78, 5) is 30.9.